The number of carbonyl (C=O) groups is 1. The van der Waals surface area contributed by atoms with Crippen LogP contribution in [-0.2, 0) is 10.5 Å². The number of methoxy groups -OCH3 is 3. The molecule has 1 atom stereocenters. The zero-order valence-corrected chi connectivity index (χ0v) is 20.3. The van der Waals surface area contributed by atoms with E-state index in [9.17, 15) is 4.79 Å². The molecule has 0 aliphatic carbocycles. The van der Waals surface area contributed by atoms with Gasteiger partial charge >= 0.3 is 0 Å². The molecule has 0 bridgehead atoms. The standard InChI is InChI=1S/C26H24N4O4S/c1-32-20-14-22(34-3)21(33-2)13-18(20)24-27-19-12-8-7-11-17(19)23-25(31)28-26(29-30(23)24)35-15-16-9-5-4-6-10-16/h4-14,24H,15H2,1-3H3,(H,28,29,31)/t24-/m0/s1. The van der Waals surface area contributed by atoms with Crippen LogP contribution in [0, 0.1) is 0 Å². The maximum Gasteiger partial charge on any atom is 0.276 e. The number of ether oxygens (including phenoxy) is 3. The van der Waals surface area contributed by atoms with E-state index >= 15 is 0 Å². The highest BCUT2D eigenvalue weighted by Crippen LogP contribution is 2.41. The fourth-order valence-electron chi connectivity index (χ4n) is 4.08. The van der Waals surface area contributed by atoms with Crippen molar-refractivity contribution in [1.29, 1.82) is 0 Å². The Morgan fingerprint density at radius 3 is 2.34 bits per heavy atom. The first-order chi connectivity index (χ1) is 17.1. The number of thioether (sulfide) groups is 1. The number of amides is 1. The van der Waals surface area contributed by atoms with Crippen LogP contribution in [0.4, 0.5) is 0 Å². The highest BCUT2D eigenvalue weighted by Gasteiger charge is 2.36. The third kappa shape index (κ3) is 4.30. The van der Waals surface area contributed by atoms with Crippen molar-refractivity contribution in [2.75, 3.05) is 21.3 Å². The predicted octanol–water partition coefficient (Wildman–Crippen LogP) is 2.79. The lowest BCUT2D eigenvalue weighted by Gasteiger charge is -2.34. The van der Waals surface area contributed by atoms with Crippen molar-refractivity contribution >= 4 is 28.5 Å². The molecule has 178 valence electrons. The number of fused-ring (bicyclic) bond motifs is 2. The second kappa shape index (κ2) is 9.71. The van der Waals surface area contributed by atoms with Crippen LogP contribution in [0.15, 0.2) is 76.8 Å². The summed E-state index contributed by atoms with van der Waals surface area (Å²) in [7, 11) is 4.73. The second-order valence-corrected chi connectivity index (χ2v) is 8.76. The van der Waals surface area contributed by atoms with E-state index in [0.717, 1.165) is 10.8 Å². The van der Waals surface area contributed by atoms with Crippen molar-refractivity contribution in [3.8, 4) is 17.2 Å². The normalized spacial score (nSPS) is 16.4. The van der Waals surface area contributed by atoms with Crippen LogP contribution in [0.25, 0.3) is 5.70 Å². The van der Waals surface area contributed by atoms with E-state index in [0.29, 0.717) is 44.8 Å². The van der Waals surface area contributed by atoms with E-state index in [2.05, 4.69) is 5.32 Å². The van der Waals surface area contributed by atoms with Gasteiger partial charge in [0, 0.05) is 22.6 Å². The monoisotopic (exact) mass is 488 g/mol. The van der Waals surface area contributed by atoms with E-state index in [-0.39, 0.29) is 5.91 Å². The first kappa shape index (κ1) is 22.8. The Balaban J connectivity index is 1.63. The number of para-hydroxylation sites is 1. The molecule has 3 aromatic rings. The Kier molecular flexibility index (Phi) is 6.33. The molecule has 0 saturated carbocycles. The van der Waals surface area contributed by atoms with E-state index < -0.39 is 6.17 Å². The Bertz CT molecular complexity index is 1430. The molecule has 5 rings (SSSR count). The molecule has 0 spiro atoms. The number of amidine groups is 1. The number of carbonyl (C=O) groups excluding carboxylic acids is 1. The molecule has 0 aromatic heterocycles. The van der Waals surface area contributed by atoms with Crippen molar-refractivity contribution < 1.29 is 19.0 Å². The molecule has 0 unspecified atom stereocenters. The van der Waals surface area contributed by atoms with Gasteiger partial charge in [-0.15, -0.1) is 5.10 Å². The van der Waals surface area contributed by atoms with Crippen molar-refractivity contribution in [3.05, 3.63) is 88.4 Å². The van der Waals surface area contributed by atoms with Gasteiger partial charge in [-0.05, 0) is 17.7 Å². The average Bonchev–Trinajstić information content (AvgIpc) is 2.91. The highest BCUT2D eigenvalue weighted by molar-refractivity contribution is 8.13. The number of hydrazone groups is 1. The first-order valence-electron chi connectivity index (χ1n) is 11.0. The molecular formula is C26H24N4O4S. The lowest BCUT2D eigenvalue weighted by Crippen LogP contribution is -2.50. The summed E-state index contributed by atoms with van der Waals surface area (Å²) in [5.41, 5.74) is 2.26. The van der Waals surface area contributed by atoms with Gasteiger partial charge in [0.1, 0.15) is 11.4 Å². The quantitative estimate of drug-likeness (QED) is 0.575. The maximum atomic E-state index is 13.4. The van der Waals surface area contributed by atoms with E-state index in [1.165, 1.54) is 11.8 Å². The lowest BCUT2D eigenvalue weighted by molar-refractivity contribution is -0.116. The predicted molar refractivity (Wildman–Crippen MR) is 135 cm³/mol. The average molecular weight is 489 g/mol. The van der Waals surface area contributed by atoms with Crippen LogP contribution in [0.3, 0.4) is 0 Å². The summed E-state index contributed by atoms with van der Waals surface area (Å²) in [5.74, 6) is 2.05. The van der Waals surface area contributed by atoms with E-state index in [1.54, 1.807) is 32.4 Å². The maximum absolute atomic E-state index is 13.4. The summed E-state index contributed by atoms with van der Waals surface area (Å²) in [5, 5.41) is 11.4. The number of hydrogen-bond acceptors (Lipinski definition) is 8. The van der Waals surface area contributed by atoms with Crippen LogP contribution in [0.1, 0.15) is 17.3 Å². The summed E-state index contributed by atoms with van der Waals surface area (Å²) < 4.78 is 16.7. The van der Waals surface area contributed by atoms with Crippen LogP contribution >= 0.6 is 11.8 Å². The molecule has 3 aromatic carbocycles. The van der Waals surface area contributed by atoms with Gasteiger partial charge in [-0.1, -0.05) is 60.3 Å². The SMILES string of the molecule is COc1cc(OC)c([C@H]2N=c3ccccc3=C3C(=O)NC(SCc4ccccc4)=NN32)cc1OC. The van der Waals surface area contributed by atoms with Crippen LogP contribution in [0.5, 0.6) is 17.2 Å². The third-order valence-corrected chi connectivity index (χ3v) is 6.68. The smallest absolute Gasteiger partial charge is 0.276 e. The molecule has 1 N–H and O–H groups in total. The molecule has 0 fully saturated rings. The van der Waals surface area contributed by atoms with Crippen molar-refractivity contribution in [2.45, 2.75) is 11.9 Å². The number of rotatable bonds is 6. The Morgan fingerprint density at radius 1 is 0.914 bits per heavy atom. The van der Waals surface area contributed by atoms with Crippen LogP contribution < -0.4 is 30.1 Å². The molecule has 0 radical (unpaired) electrons. The minimum atomic E-state index is -0.645. The van der Waals surface area contributed by atoms with Gasteiger partial charge in [0.15, 0.2) is 22.8 Å². The molecule has 0 saturated heterocycles. The zero-order valence-electron chi connectivity index (χ0n) is 19.5. The number of hydrogen-bond donors (Lipinski definition) is 1. The minimum Gasteiger partial charge on any atom is -0.496 e. The summed E-state index contributed by atoms with van der Waals surface area (Å²) in [6.07, 6.45) is -0.645. The van der Waals surface area contributed by atoms with Gasteiger partial charge in [-0.3, -0.25) is 15.1 Å². The molecule has 1 amide bonds. The molecule has 2 aliphatic rings. The molecule has 2 aliphatic heterocycles. The Morgan fingerprint density at radius 2 is 1.60 bits per heavy atom. The van der Waals surface area contributed by atoms with Crippen LogP contribution in [0.2, 0.25) is 0 Å². The number of nitrogens with zero attached hydrogens (tertiary/aromatic N) is 3. The topological polar surface area (TPSA) is 84.8 Å². The fourth-order valence-corrected chi connectivity index (χ4v) is 4.88. The van der Waals surface area contributed by atoms with Gasteiger partial charge in [0.05, 0.1) is 26.7 Å². The molecule has 8 nitrogen and oxygen atoms in total. The lowest BCUT2D eigenvalue weighted by atomic mass is 10.1. The van der Waals surface area contributed by atoms with Gasteiger partial charge in [0.2, 0.25) is 0 Å². The van der Waals surface area contributed by atoms with E-state index in [1.807, 2.05) is 60.7 Å². The van der Waals surface area contributed by atoms with Gasteiger partial charge < -0.3 is 14.2 Å². The van der Waals surface area contributed by atoms with Crippen molar-refractivity contribution in [1.82, 2.24) is 10.3 Å². The Hall–Kier alpha value is -3.98. The fraction of sp³-hybridized carbons (Fsp3) is 0.192. The highest BCUT2D eigenvalue weighted by atomic mass is 32.2. The van der Waals surface area contributed by atoms with Gasteiger partial charge in [-0.2, -0.15) is 0 Å². The molecule has 9 heteroatoms. The van der Waals surface area contributed by atoms with Crippen molar-refractivity contribution in [2.24, 2.45) is 10.1 Å². The third-order valence-electron chi connectivity index (χ3n) is 5.75. The summed E-state index contributed by atoms with van der Waals surface area (Å²) in [6, 6.07) is 21.1. The molecule has 2 heterocycles. The second-order valence-electron chi connectivity index (χ2n) is 7.80. The minimum absolute atomic E-state index is 0.234. The molecule has 35 heavy (non-hydrogen) atoms. The van der Waals surface area contributed by atoms with Gasteiger partial charge in [0.25, 0.3) is 5.91 Å². The van der Waals surface area contributed by atoms with Gasteiger partial charge in [-0.25, -0.2) is 5.01 Å². The summed E-state index contributed by atoms with van der Waals surface area (Å²) >= 11 is 1.46. The summed E-state index contributed by atoms with van der Waals surface area (Å²) in [6.45, 7) is 0. The largest absolute Gasteiger partial charge is 0.496 e. The van der Waals surface area contributed by atoms with Crippen LogP contribution in [-0.4, -0.2) is 37.4 Å². The molecular weight excluding hydrogens is 464 g/mol. The number of benzene rings is 3. The summed E-state index contributed by atoms with van der Waals surface area (Å²) in [4.78, 5) is 18.3. The van der Waals surface area contributed by atoms with E-state index in [4.69, 9.17) is 24.3 Å². The zero-order chi connectivity index (χ0) is 24.4. The first-order valence-corrected chi connectivity index (χ1v) is 11.9. The Labute approximate surface area is 206 Å². The number of nitrogens with one attached hydrogen (secondary N) is 1. The van der Waals surface area contributed by atoms with Crippen molar-refractivity contribution in [3.63, 3.8) is 0 Å².